The fourth-order valence-electron chi connectivity index (χ4n) is 3.02. The molecule has 0 radical (unpaired) electrons. The summed E-state index contributed by atoms with van der Waals surface area (Å²) in [6.45, 7) is 0.664. The Morgan fingerprint density at radius 1 is 1.00 bits per heavy atom. The summed E-state index contributed by atoms with van der Waals surface area (Å²) in [7, 11) is 3.99. The van der Waals surface area contributed by atoms with Gasteiger partial charge >= 0.3 is 0 Å². The van der Waals surface area contributed by atoms with Crippen LogP contribution in [0.4, 0.5) is 0 Å². The van der Waals surface area contributed by atoms with E-state index in [2.05, 4.69) is 23.2 Å². The quantitative estimate of drug-likeness (QED) is 0.607. The fourth-order valence-corrected chi connectivity index (χ4v) is 3.02. The SMILES string of the molecule is CN(C)Cc1nc2cc(-c3ccc(O)cc3)c3ccccc3c2o1. The van der Waals surface area contributed by atoms with E-state index in [0.29, 0.717) is 12.4 Å². The molecule has 4 heteroatoms. The van der Waals surface area contributed by atoms with E-state index >= 15 is 0 Å². The molecule has 0 spiro atoms. The molecule has 4 nitrogen and oxygen atoms in total. The van der Waals surface area contributed by atoms with Crippen molar-refractivity contribution in [3.63, 3.8) is 0 Å². The molecule has 1 aromatic heterocycles. The van der Waals surface area contributed by atoms with E-state index in [1.54, 1.807) is 12.1 Å². The Bertz CT molecular complexity index is 1020. The lowest BCUT2D eigenvalue weighted by atomic mass is 9.97. The van der Waals surface area contributed by atoms with Crippen molar-refractivity contribution in [2.75, 3.05) is 14.1 Å². The maximum atomic E-state index is 9.54. The first-order valence-corrected chi connectivity index (χ1v) is 7.87. The summed E-state index contributed by atoms with van der Waals surface area (Å²) in [5, 5.41) is 11.7. The third-order valence-electron chi connectivity index (χ3n) is 4.07. The van der Waals surface area contributed by atoms with Crippen molar-refractivity contribution in [1.82, 2.24) is 9.88 Å². The van der Waals surface area contributed by atoms with E-state index < -0.39 is 0 Å². The van der Waals surface area contributed by atoms with Gasteiger partial charge in [-0.2, -0.15) is 0 Å². The van der Waals surface area contributed by atoms with Crippen LogP contribution >= 0.6 is 0 Å². The number of aromatic hydroxyl groups is 1. The first kappa shape index (κ1) is 14.7. The summed E-state index contributed by atoms with van der Waals surface area (Å²) in [6.07, 6.45) is 0. The molecule has 0 saturated heterocycles. The van der Waals surface area contributed by atoms with Gasteiger partial charge in [0.1, 0.15) is 11.3 Å². The van der Waals surface area contributed by atoms with Gasteiger partial charge in [0.05, 0.1) is 6.54 Å². The fraction of sp³-hybridized carbons (Fsp3) is 0.150. The van der Waals surface area contributed by atoms with Crippen molar-refractivity contribution in [3.8, 4) is 16.9 Å². The average molecular weight is 318 g/mol. The second kappa shape index (κ2) is 5.65. The number of fused-ring (bicyclic) bond motifs is 3. The Hall–Kier alpha value is -2.85. The molecule has 0 aliphatic carbocycles. The standard InChI is InChI=1S/C20H18N2O2/c1-22(2)12-19-21-18-11-17(13-7-9-14(23)10-8-13)15-5-3-4-6-16(15)20(18)24-19/h3-11,23H,12H2,1-2H3. The topological polar surface area (TPSA) is 49.5 Å². The van der Waals surface area contributed by atoms with Crippen LogP contribution in [-0.2, 0) is 6.54 Å². The van der Waals surface area contributed by atoms with Crippen molar-refractivity contribution in [2.45, 2.75) is 6.54 Å². The molecule has 0 aliphatic heterocycles. The number of hydrogen-bond acceptors (Lipinski definition) is 4. The predicted octanol–water partition coefficient (Wildman–Crippen LogP) is 4.42. The molecule has 1 N–H and O–H groups in total. The van der Waals surface area contributed by atoms with Crippen LogP contribution in [-0.4, -0.2) is 29.1 Å². The molecular formula is C20H18N2O2. The van der Waals surface area contributed by atoms with Crippen molar-refractivity contribution in [3.05, 3.63) is 60.5 Å². The summed E-state index contributed by atoms with van der Waals surface area (Å²) < 4.78 is 6.01. The zero-order chi connectivity index (χ0) is 16.7. The van der Waals surface area contributed by atoms with Crippen molar-refractivity contribution < 1.29 is 9.52 Å². The van der Waals surface area contributed by atoms with E-state index in [4.69, 9.17) is 4.42 Å². The van der Waals surface area contributed by atoms with E-state index in [9.17, 15) is 5.11 Å². The smallest absolute Gasteiger partial charge is 0.209 e. The number of rotatable bonds is 3. The molecule has 4 aromatic rings. The minimum atomic E-state index is 0.263. The Morgan fingerprint density at radius 3 is 2.42 bits per heavy atom. The van der Waals surface area contributed by atoms with Crippen LogP contribution in [0, 0.1) is 0 Å². The van der Waals surface area contributed by atoms with Gasteiger partial charge in [-0.25, -0.2) is 4.98 Å². The normalized spacial score (nSPS) is 11.6. The molecule has 0 unspecified atom stereocenters. The number of aromatic nitrogens is 1. The molecule has 0 saturated carbocycles. The van der Waals surface area contributed by atoms with Gasteiger partial charge in [-0.05, 0) is 48.8 Å². The molecule has 24 heavy (non-hydrogen) atoms. The zero-order valence-corrected chi connectivity index (χ0v) is 13.7. The third-order valence-corrected chi connectivity index (χ3v) is 4.07. The maximum Gasteiger partial charge on any atom is 0.209 e. The summed E-state index contributed by atoms with van der Waals surface area (Å²) >= 11 is 0. The minimum Gasteiger partial charge on any atom is -0.508 e. The highest BCUT2D eigenvalue weighted by Crippen LogP contribution is 2.35. The van der Waals surface area contributed by atoms with Crippen LogP contribution in [0.3, 0.4) is 0 Å². The molecule has 120 valence electrons. The van der Waals surface area contributed by atoms with E-state index in [0.717, 1.165) is 33.0 Å². The third kappa shape index (κ3) is 2.51. The Labute approximate surface area is 140 Å². The van der Waals surface area contributed by atoms with Crippen LogP contribution in [0.2, 0.25) is 0 Å². The lowest BCUT2D eigenvalue weighted by molar-refractivity contribution is 0.349. The number of hydrogen-bond donors (Lipinski definition) is 1. The molecule has 3 aromatic carbocycles. The average Bonchev–Trinajstić information content (AvgIpc) is 2.97. The van der Waals surface area contributed by atoms with Crippen LogP contribution in [0.1, 0.15) is 5.89 Å². The maximum absolute atomic E-state index is 9.54. The Kier molecular flexibility index (Phi) is 3.47. The monoisotopic (exact) mass is 318 g/mol. The first-order valence-electron chi connectivity index (χ1n) is 7.87. The van der Waals surface area contributed by atoms with Gasteiger partial charge in [-0.1, -0.05) is 36.4 Å². The summed E-state index contributed by atoms with van der Waals surface area (Å²) in [6, 6.07) is 17.5. The van der Waals surface area contributed by atoms with Gasteiger partial charge in [0.25, 0.3) is 0 Å². The first-order chi connectivity index (χ1) is 11.6. The van der Waals surface area contributed by atoms with Gasteiger partial charge in [-0.3, -0.25) is 0 Å². The number of phenolic OH excluding ortho intramolecular Hbond substituents is 1. The second-order valence-corrected chi connectivity index (χ2v) is 6.21. The molecule has 0 amide bonds. The van der Waals surface area contributed by atoms with Gasteiger partial charge in [0.15, 0.2) is 5.58 Å². The van der Waals surface area contributed by atoms with Crippen LogP contribution in [0.25, 0.3) is 33.0 Å². The van der Waals surface area contributed by atoms with Crippen LogP contribution in [0.5, 0.6) is 5.75 Å². The van der Waals surface area contributed by atoms with Gasteiger partial charge < -0.3 is 14.4 Å². The van der Waals surface area contributed by atoms with E-state index in [1.807, 2.05) is 43.3 Å². The molecule has 1 heterocycles. The largest absolute Gasteiger partial charge is 0.508 e. The highest BCUT2D eigenvalue weighted by Gasteiger charge is 2.14. The van der Waals surface area contributed by atoms with Crippen molar-refractivity contribution >= 4 is 21.9 Å². The van der Waals surface area contributed by atoms with Crippen LogP contribution in [0.15, 0.2) is 59.0 Å². The summed E-state index contributed by atoms with van der Waals surface area (Å²) in [5.74, 6) is 0.974. The molecule has 0 fully saturated rings. The molecule has 0 atom stereocenters. The summed E-state index contributed by atoms with van der Waals surface area (Å²) in [5.41, 5.74) is 3.81. The lowest BCUT2D eigenvalue weighted by Gasteiger charge is -2.07. The minimum absolute atomic E-state index is 0.263. The Morgan fingerprint density at radius 2 is 1.71 bits per heavy atom. The van der Waals surface area contributed by atoms with Crippen molar-refractivity contribution in [2.24, 2.45) is 0 Å². The van der Waals surface area contributed by atoms with E-state index in [1.165, 1.54) is 0 Å². The second-order valence-electron chi connectivity index (χ2n) is 6.21. The van der Waals surface area contributed by atoms with Gasteiger partial charge in [-0.15, -0.1) is 0 Å². The van der Waals surface area contributed by atoms with Gasteiger partial charge in [0.2, 0.25) is 5.89 Å². The lowest BCUT2D eigenvalue weighted by Crippen LogP contribution is -2.10. The molecule has 0 aliphatic rings. The van der Waals surface area contributed by atoms with Crippen molar-refractivity contribution in [1.29, 1.82) is 0 Å². The Balaban J connectivity index is 2.00. The summed E-state index contributed by atoms with van der Waals surface area (Å²) in [4.78, 5) is 6.68. The number of nitrogens with zero attached hydrogens (tertiary/aromatic N) is 2. The highest BCUT2D eigenvalue weighted by atomic mass is 16.3. The molecular weight excluding hydrogens is 300 g/mol. The molecule has 4 rings (SSSR count). The number of oxazole rings is 1. The van der Waals surface area contributed by atoms with Gasteiger partial charge in [0, 0.05) is 5.39 Å². The molecule has 0 bridgehead atoms. The zero-order valence-electron chi connectivity index (χ0n) is 13.7. The number of phenols is 1. The number of benzene rings is 3. The van der Waals surface area contributed by atoms with Crippen LogP contribution < -0.4 is 0 Å². The predicted molar refractivity (Wildman–Crippen MR) is 96.0 cm³/mol. The van der Waals surface area contributed by atoms with E-state index in [-0.39, 0.29) is 5.75 Å². The highest BCUT2D eigenvalue weighted by molar-refractivity contribution is 6.10.